The van der Waals surface area contributed by atoms with Crippen LogP contribution in [0.2, 0.25) is 0 Å². The summed E-state index contributed by atoms with van der Waals surface area (Å²) < 4.78 is 10.7. The number of amides is 1. The number of halogens is 1. The minimum absolute atomic E-state index is 0.151. The van der Waals surface area contributed by atoms with Gasteiger partial charge in [0.1, 0.15) is 5.75 Å². The number of hydrogen-bond donors (Lipinski definition) is 1. The van der Waals surface area contributed by atoms with Gasteiger partial charge in [-0.1, -0.05) is 15.9 Å². The highest BCUT2D eigenvalue weighted by atomic mass is 79.9. The maximum Gasteiger partial charge on any atom is 0.307 e. The number of nitrogens with one attached hydrogen (secondary N) is 1. The molecule has 0 atom stereocenters. The van der Waals surface area contributed by atoms with Crippen molar-refractivity contribution in [2.24, 2.45) is 0 Å². The van der Waals surface area contributed by atoms with Crippen LogP contribution in [-0.4, -0.2) is 32.1 Å². The van der Waals surface area contributed by atoms with Gasteiger partial charge in [-0.2, -0.15) is 0 Å². The van der Waals surface area contributed by atoms with Crippen LogP contribution in [0.1, 0.15) is 23.7 Å². The van der Waals surface area contributed by atoms with Crippen molar-refractivity contribution in [3.8, 4) is 5.75 Å². The second kappa shape index (κ2) is 7.78. The number of methoxy groups -OCH3 is 1. The van der Waals surface area contributed by atoms with E-state index in [0.29, 0.717) is 17.9 Å². The molecule has 1 aromatic rings. The lowest BCUT2D eigenvalue weighted by Crippen LogP contribution is -2.26. The third kappa shape index (κ3) is 4.90. The van der Waals surface area contributed by atoms with Gasteiger partial charge in [0.25, 0.3) is 5.91 Å². The van der Waals surface area contributed by atoms with Crippen LogP contribution in [0.15, 0.2) is 22.7 Å². The van der Waals surface area contributed by atoms with E-state index in [4.69, 9.17) is 9.47 Å². The molecule has 0 bridgehead atoms. The van der Waals surface area contributed by atoms with Crippen molar-refractivity contribution in [1.29, 1.82) is 0 Å². The summed E-state index contributed by atoms with van der Waals surface area (Å²) in [6.07, 6.45) is 0.151. The maximum atomic E-state index is 11.9. The third-order valence-corrected chi connectivity index (χ3v) is 2.82. The molecule has 1 amide bonds. The number of ether oxygens (including phenoxy) is 2. The first-order valence-corrected chi connectivity index (χ1v) is 6.65. The number of benzene rings is 1. The Morgan fingerprint density at radius 1 is 1.37 bits per heavy atom. The molecule has 0 fully saturated rings. The summed E-state index contributed by atoms with van der Waals surface area (Å²) in [5.41, 5.74) is 0.426. The van der Waals surface area contributed by atoms with Crippen LogP contribution in [0.5, 0.6) is 5.75 Å². The van der Waals surface area contributed by atoms with E-state index in [1.807, 2.05) is 0 Å². The molecule has 1 rings (SSSR count). The molecule has 19 heavy (non-hydrogen) atoms. The Labute approximate surface area is 120 Å². The Balaban J connectivity index is 2.56. The van der Waals surface area contributed by atoms with E-state index in [-0.39, 0.29) is 24.8 Å². The lowest BCUT2D eigenvalue weighted by Gasteiger charge is -2.09. The van der Waals surface area contributed by atoms with Crippen LogP contribution in [0, 0.1) is 0 Å². The standard InChI is InChI=1S/C13H16BrNO4/c1-3-19-12(16)6-7-15-13(17)10-5-4-9(14)8-11(10)18-2/h4-5,8H,3,6-7H2,1-2H3,(H,15,17). The highest BCUT2D eigenvalue weighted by molar-refractivity contribution is 9.10. The van der Waals surface area contributed by atoms with Gasteiger partial charge in [-0.3, -0.25) is 9.59 Å². The average molecular weight is 330 g/mol. The Hall–Kier alpha value is -1.56. The van der Waals surface area contributed by atoms with Gasteiger partial charge in [0.2, 0.25) is 0 Å². The summed E-state index contributed by atoms with van der Waals surface area (Å²) in [5.74, 6) is -0.137. The molecule has 0 saturated carbocycles. The van der Waals surface area contributed by atoms with Gasteiger partial charge in [-0.05, 0) is 25.1 Å². The van der Waals surface area contributed by atoms with Crippen LogP contribution in [0.3, 0.4) is 0 Å². The molecule has 0 spiro atoms. The average Bonchev–Trinajstić information content (AvgIpc) is 2.38. The normalized spacial score (nSPS) is 9.84. The molecule has 0 aliphatic rings. The fourth-order valence-corrected chi connectivity index (χ4v) is 1.80. The summed E-state index contributed by atoms with van der Waals surface area (Å²) in [4.78, 5) is 23.0. The predicted molar refractivity (Wildman–Crippen MR) is 74.3 cm³/mol. The first-order valence-electron chi connectivity index (χ1n) is 5.85. The summed E-state index contributed by atoms with van der Waals surface area (Å²) >= 11 is 3.30. The first kappa shape index (κ1) is 15.5. The lowest BCUT2D eigenvalue weighted by molar-refractivity contribution is -0.142. The van der Waals surface area contributed by atoms with Gasteiger partial charge < -0.3 is 14.8 Å². The van der Waals surface area contributed by atoms with Gasteiger partial charge in [0, 0.05) is 11.0 Å². The van der Waals surface area contributed by atoms with E-state index in [2.05, 4.69) is 21.2 Å². The number of hydrogen-bond acceptors (Lipinski definition) is 4. The smallest absolute Gasteiger partial charge is 0.307 e. The van der Waals surface area contributed by atoms with Crippen molar-refractivity contribution in [2.45, 2.75) is 13.3 Å². The Morgan fingerprint density at radius 2 is 2.11 bits per heavy atom. The summed E-state index contributed by atoms with van der Waals surface area (Å²) in [6, 6.07) is 5.12. The second-order valence-electron chi connectivity index (χ2n) is 3.66. The van der Waals surface area contributed by atoms with Gasteiger partial charge in [-0.25, -0.2) is 0 Å². The van der Waals surface area contributed by atoms with Crippen molar-refractivity contribution in [2.75, 3.05) is 20.3 Å². The van der Waals surface area contributed by atoms with Crippen LogP contribution >= 0.6 is 15.9 Å². The fraction of sp³-hybridized carbons (Fsp3) is 0.385. The summed E-state index contributed by atoms with van der Waals surface area (Å²) in [7, 11) is 1.50. The number of carbonyl (C=O) groups excluding carboxylic acids is 2. The zero-order valence-corrected chi connectivity index (χ0v) is 12.5. The van der Waals surface area contributed by atoms with E-state index in [1.54, 1.807) is 25.1 Å². The van der Waals surface area contributed by atoms with E-state index < -0.39 is 0 Å². The Bertz CT molecular complexity index is 462. The molecular formula is C13H16BrNO4. The van der Waals surface area contributed by atoms with Crippen LogP contribution in [0.25, 0.3) is 0 Å². The Morgan fingerprint density at radius 3 is 2.74 bits per heavy atom. The zero-order chi connectivity index (χ0) is 14.3. The Kier molecular flexibility index (Phi) is 6.35. The van der Waals surface area contributed by atoms with Gasteiger partial charge in [-0.15, -0.1) is 0 Å². The van der Waals surface area contributed by atoms with Gasteiger partial charge >= 0.3 is 5.97 Å². The fourth-order valence-electron chi connectivity index (χ4n) is 1.46. The molecule has 0 aliphatic carbocycles. The van der Waals surface area contributed by atoms with Crippen molar-refractivity contribution < 1.29 is 19.1 Å². The van der Waals surface area contributed by atoms with Crippen molar-refractivity contribution in [3.05, 3.63) is 28.2 Å². The molecule has 1 N–H and O–H groups in total. The molecule has 0 unspecified atom stereocenters. The molecule has 0 heterocycles. The van der Waals surface area contributed by atoms with Crippen LogP contribution < -0.4 is 10.1 Å². The van der Waals surface area contributed by atoms with Crippen molar-refractivity contribution in [1.82, 2.24) is 5.32 Å². The minimum Gasteiger partial charge on any atom is -0.496 e. The molecule has 0 aliphatic heterocycles. The number of rotatable bonds is 6. The lowest BCUT2D eigenvalue weighted by atomic mass is 10.2. The third-order valence-electron chi connectivity index (χ3n) is 2.33. The highest BCUT2D eigenvalue weighted by Gasteiger charge is 2.12. The van der Waals surface area contributed by atoms with Crippen LogP contribution in [0.4, 0.5) is 0 Å². The predicted octanol–water partition coefficient (Wildman–Crippen LogP) is 2.14. The van der Waals surface area contributed by atoms with E-state index in [0.717, 1.165) is 4.47 Å². The highest BCUT2D eigenvalue weighted by Crippen LogP contribution is 2.23. The molecule has 6 heteroatoms. The van der Waals surface area contributed by atoms with Crippen molar-refractivity contribution >= 4 is 27.8 Å². The van der Waals surface area contributed by atoms with E-state index in [1.165, 1.54) is 7.11 Å². The second-order valence-corrected chi connectivity index (χ2v) is 4.57. The van der Waals surface area contributed by atoms with Gasteiger partial charge in [0.05, 0.1) is 25.7 Å². The van der Waals surface area contributed by atoms with E-state index >= 15 is 0 Å². The summed E-state index contributed by atoms with van der Waals surface area (Å²) in [6.45, 7) is 2.31. The molecule has 104 valence electrons. The molecule has 1 aromatic carbocycles. The zero-order valence-electron chi connectivity index (χ0n) is 10.9. The maximum absolute atomic E-state index is 11.9. The molecule has 0 aromatic heterocycles. The number of esters is 1. The largest absolute Gasteiger partial charge is 0.496 e. The molecular weight excluding hydrogens is 314 g/mol. The molecule has 0 saturated heterocycles. The SMILES string of the molecule is CCOC(=O)CCNC(=O)c1ccc(Br)cc1OC. The quantitative estimate of drug-likeness (QED) is 0.812. The number of carbonyl (C=O) groups is 2. The molecule has 5 nitrogen and oxygen atoms in total. The topological polar surface area (TPSA) is 64.6 Å². The van der Waals surface area contributed by atoms with Gasteiger partial charge in [0.15, 0.2) is 0 Å². The van der Waals surface area contributed by atoms with Crippen LogP contribution in [-0.2, 0) is 9.53 Å². The summed E-state index contributed by atoms with van der Waals surface area (Å²) in [5, 5.41) is 2.65. The molecule has 0 radical (unpaired) electrons. The monoisotopic (exact) mass is 329 g/mol. The first-order chi connectivity index (χ1) is 9.08. The van der Waals surface area contributed by atoms with Crippen molar-refractivity contribution in [3.63, 3.8) is 0 Å². The minimum atomic E-state index is -0.328. The van der Waals surface area contributed by atoms with E-state index in [9.17, 15) is 9.59 Å².